The molecule has 2 aromatic rings. The Balaban J connectivity index is 2.32. The third kappa shape index (κ3) is 8.29. The third-order valence-electron chi connectivity index (χ3n) is 6.67. The lowest BCUT2D eigenvalue weighted by atomic mass is 9.96. The average Bonchev–Trinajstić information content (AvgIpc) is 3.27. The number of carbonyl (C=O) groups excluding carboxylic acids is 3. The first-order valence-corrected chi connectivity index (χ1v) is 13.0. The Bertz CT molecular complexity index is 1110. The minimum Gasteiger partial charge on any atom is -0.480 e. The van der Waals surface area contributed by atoms with Crippen molar-refractivity contribution in [3.8, 4) is 0 Å². The van der Waals surface area contributed by atoms with Crippen molar-refractivity contribution in [1.29, 1.82) is 0 Å². The zero-order valence-electron chi connectivity index (χ0n) is 22.7. The molecule has 0 spiro atoms. The van der Waals surface area contributed by atoms with Crippen LogP contribution in [-0.4, -0.2) is 69.2 Å². The van der Waals surface area contributed by atoms with Crippen LogP contribution in [0.25, 0.3) is 10.9 Å². The van der Waals surface area contributed by atoms with E-state index in [2.05, 4.69) is 20.9 Å². The summed E-state index contributed by atoms with van der Waals surface area (Å²) < 4.78 is 0. The zero-order chi connectivity index (χ0) is 28.6. The number of carboxylic acids is 1. The molecule has 11 nitrogen and oxygen atoms in total. The number of nitrogens with two attached hydrogens (primary N) is 1. The number of para-hydroxylation sites is 1. The fraction of sp³-hybridized carbons (Fsp3) is 0.556. The van der Waals surface area contributed by atoms with Crippen LogP contribution in [0.3, 0.4) is 0 Å². The van der Waals surface area contributed by atoms with E-state index in [1.54, 1.807) is 13.1 Å². The fourth-order valence-electron chi connectivity index (χ4n) is 4.13. The van der Waals surface area contributed by atoms with Crippen LogP contribution in [-0.2, 0) is 25.6 Å². The van der Waals surface area contributed by atoms with Gasteiger partial charge in [0, 0.05) is 23.5 Å². The van der Waals surface area contributed by atoms with Gasteiger partial charge in [0.1, 0.15) is 24.2 Å². The van der Waals surface area contributed by atoms with E-state index in [9.17, 15) is 29.4 Å². The highest BCUT2D eigenvalue weighted by Gasteiger charge is 2.33. The first-order chi connectivity index (χ1) is 17.8. The topological polar surface area (TPSA) is 187 Å². The SMILES string of the molecule is CCC(C)C(NC(=O)C(Cc1c[nH]c2ccccc12)NC(=O)C(N)C(C)O)C(=O)NC(CC(C)C)C(=O)O. The number of carbonyl (C=O) groups is 4. The maximum Gasteiger partial charge on any atom is 0.326 e. The van der Waals surface area contributed by atoms with Crippen molar-refractivity contribution in [2.24, 2.45) is 17.6 Å². The third-order valence-corrected chi connectivity index (χ3v) is 6.67. The molecule has 6 atom stereocenters. The van der Waals surface area contributed by atoms with Gasteiger partial charge in [-0.1, -0.05) is 52.3 Å². The predicted molar refractivity (Wildman–Crippen MR) is 144 cm³/mol. The predicted octanol–water partition coefficient (Wildman–Crippen LogP) is 1.05. The normalized spacial score (nSPS) is 16.2. The number of aliphatic hydroxyl groups is 1. The number of nitrogens with one attached hydrogen (secondary N) is 4. The van der Waals surface area contributed by atoms with Crippen molar-refractivity contribution >= 4 is 34.6 Å². The van der Waals surface area contributed by atoms with Crippen LogP contribution in [0, 0.1) is 11.8 Å². The van der Waals surface area contributed by atoms with Crippen LogP contribution in [0.1, 0.15) is 53.0 Å². The monoisotopic (exact) mass is 531 g/mol. The molecule has 0 saturated carbocycles. The Labute approximate surface area is 222 Å². The number of hydrogen-bond acceptors (Lipinski definition) is 6. The molecule has 1 heterocycles. The summed E-state index contributed by atoms with van der Waals surface area (Å²) in [5.41, 5.74) is 7.41. The van der Waals surface area contributed by atoms with Crippen molar-refractivity contribution in [3.05, 3.63) is 36.0 Å². The molecular weight excluding hydrogens is 490 g/mol. The van der Waals surface area contributed by atoms with Crippen LogP contribution < -0.4 is 21.7 Å². The van der Waals surface area contributed by atoms with Gasteiger partial charge in [-0.3, -0.25) is 14.4 Å². The molecule has 210 valence electrons. The highest BCUT2D eigenvalue weighted by molar-refractivity contribution is 5.95. The molecule has 1 aromatic carbocycles. The van der Waals surface area contributed by atoms with Gasteiger partial charge in [0.05, 0.1) is 6.10 Å². The second-order valence-corrected chi connectivity index (χ2v) is 10.3. The van der Waals surface area contributed by atoms with Gasteiger partial charge in [-0.05, 0) is 36.8 Å². The number of amides is 3. The van der Waals surface area contributed by atoms with Crippen LogP contribution in [0.5, 0.6) is 0 Å². The Morgan fingerprint density at radius 3 is 2.16 bits per heavy atom. The maximum atomic E-state index is 13.5. The van der Waals surface area contributed by atoms with E-state index in [0.29, 0.717) is 6.42 Å². The number of hydrogen-bond donors (Lipinski definition) is 7. The number of aliphatic hydroxyl groups excluding tert-OH is 1. The quantitative estimate of drug-likeness (QED) is 0.190. The second kappa shape index (κ2) is 13.9. The first-order valence-electron chi connectivity index (χ1n) is 13.0. The molecule has 6 unspecified atom stereocenters. The number of aromatic nitrogens is 1. The summed E-state index contributed by atoms with van der Waals surface area (Å²) in [6.07, 6.45) is 1.47. The van der Waals surface area contributed by atoms with Gasteiger partial charge in [-0.2, -0.15) is 0 Å². The number of fused-ring (bicyclic) bond motifs is 1. The van der Waals surface area contributed by atoms with Gasteiger partial charge >= 0.3 is 5.97 Å². The second-order valence-electron chi connectivity index (χ2n) is 10.3. The molecule has 38 heavy (non-hydrogen) atoms. The molecule has 1 aromatic heterocycles. The first kappa shape index (κ1) is 30.8. The van der Waals surface area contributed by atoms with Gasteiger partial charge in [0.15, 0.2) is 0 Å². The molecule has 0 saturated heterocycles. The molecular formula is C27H41N5O6. The molecule has 0 fully saturated rings. The molecule has 11 heteroatoms. The largest absolute Gasteiger partial charge is 0.480 e. The molecule has 3 amide bonds. The number of H-pyrrole nitrogens is 1. The minimum absolute atomic E-state index is 0.0296. The van der Waals surface area contributed by atoms with E-state index in [1.807, 2.05) is 45.0 Å². The Morgan fingerprint density at radius 2 is 1.58 bits per heavy atom. The number of aliphatic carboxylic acids is 1. The minimum atomic E-state index is -1.26. The van der Waals surface area contributed by atoms with Crippen LogP contribution in [0.15, 0.2) is 30.5 Å². The molecule has 0 radical (unpaired) electrons. The summed E-state index contributed by atoms with van der Waals surface area (Å²) in [5, 5.41) is 28.1. The number of benzene rings is 1. The number of rotatable bonds is 14. The van der Waals surface area contributed by atoms with Crippen molar-refractivity contribution < 1.29 is 29.4 Å². The molecule has 0 bridgehead atoms. The van der Waals surface area contributed by atoms with E-state index in [1.165, 1.54) is 6.92 Å². The van der Waals surface area contributed by atoms with Crippen LogP contribution in [0.4, 0.5) is 0 Å². The van der Waals surface area contributed by atoms with Gasteiger partial charge in [0.25, 0.3) is 0 Å². The molecule has 8 N–H and O–H groups in total. The lowest BCUT2D eigenvalue weighted by Crippen LogP contribution is -2.59. The van der Waals surface area contributed by atoms with E-state index in [0.717, 1.165) is 16.5 Å². The molecule has 0 aliphatic rings. The zero-order valence-corrected chi connectivity index (χ0v) is 22.7. The van der Waals surface area contributed by atoms with Crippen LogP contribution >= 0.6 is 0 Å². The van der Waals surface area contributed by atoms with Gasteiger partial charge < -0.3 is 36.9 Å². The lowest BCUT2D eigenvalue weighted by Gasteiger charge is -2.28. The summed E-state index contributed by atoms with van der Waals surface area (Å²) in [4.78, 5) is 54.2. The van der Waals surface area contributed by atoms with E-state index in [-0.39, 0.29) is 24.7 Å². The Hall–Kier alpha value is -3.44. The van der Waals surface area contributed by atoms with Crippen molar-refractivity contribution in [3.63, 3.8) is 0 Å². The molecule has 0 aliphatic heterocycles. The van der Waals surface area contributed by atoms with Crippen molar-refractivity contribution in [2.45, 2.75) is 84.2 Å². The smallest absolute Gasteiger partial charge is 0.326 e. The van der Waals surface area contributed by atoms with Crippen molar-refractivity contribution in [1.82, 2.24) is 20.9 Å². The van der Waals surface area contributed by atoms with E-state index < -0.39 is 54.0 Å². The summed E-state index contributed by atoms with van der Waals surface area (Å²) in [5.74, 6) is -3.40. The fourth-order valence-corrected chi connectivity index (χ4v) is 4.13. The standard InChI is InChI=1S/C27H41N5O6/c1-6-15(4)23(26(36)31-21(27(37)38)11-14(2)3)32-24(34)20(30-25(35)22(28)16(5)33)12-17-13-29-19-10-8-7-9-18(17)19/h7-10,13-16,20-23,29,33H,6,11-12,28H2,1-5H3,(H,30,35)(H,31,36)(H,32,34)(H,37,38). The number of aromatic amines is 1. The maximum absolute atomic E-state index is 13.5. The summed E-state index contributed by atoms with van der Waals surface area (Å²) in [7, 11) is 0. The highest BCUT2D eigenvalue weighted by Crippen LogP contribution is 2.20. The molecule has 2 rings (SSSR count). The Morgan fingerprint density at radius 1 is 0.947 bits per heavy atom. The summed E-state index contributed by atoms with van der Waals surface area (Å²) in [6, 6.07) is 2.99. The highest BCUT2D eigenvalue weighted by atomic mass is 16.4. The average molecular weight is 532 g/mol. The Kier molecular flexibility index (Phi) is 11.3. The number of carboxylic acid groups (broad SMARTS) is 1. The lowest BCUT2D eigenvalue weighted by molar-refractivity contribution is -0.143. The summed E-state index contributed by atoms with van der Waals surface area (Å²) in [6.45, 7) is 8.71. The van der Waals surface area contributed by atoms with E-state index >= 15 is 0 Å². The van der Waals surface area contributed by atoms with Crippen molar-refractivity contribution in [2.75, 3.05) is 0 Å². The van der Waals surface area contributed by atoms with Crippen LogP contribution in [0.2, 0.25) is 0 Å². The molecule has 0 aliphatic carbocycles. The van der Waals surface area contributed by atoms with Gasteiger partial charge in [0.2, 0.25) is 17.7 Å². The van der Waals surface area contributed by atoms with E-state index in [4.69, 9.17) is 5.73 Å². The van der Waals surface area contributed by atoms with Gasteiger partial charge in [-0.25, -0.2) is 4.79 Å². The summed E-state index contributed by atoms with van der Waals surface area (Å²) >= 11 is 0. The van der Waals surface area contributed by atoms with Gasteiger partial charge in [-0.15, -0.1) is 0 Å².